The van der Waals surface area contributed by atoms with E-state index in [9.17, 15) is 5.11 Å². The topological polar surface area (TPSA) is 53.3 Å². The summed E-state index contributed by atoms with van der Waals surface area (Å²) in [5, 5.41) is 13.6. The highest BCUT2D eigenvalue weighted by Gasteiger charge is 2.39. The van der Waals surface area contributed by atoms with Gasteiger partial charge in [-0.3, -0.25) is 4.98 Å². The number of β-amino-alcohol motifs (C(OH)–C–C–N with tert-alkyl or cyclic N) is 1. The summed E-state index contributed by atoms with van der Waals surface area (Å²) in [6.07, 6.45) is 11.4. The Kier molecular flexibility index (Phi) is 4.72. The van der Waals surface area contributed by atoms with Crippen LogP contribution in [0.15, 0.2) is 42.9 Å². The van der Waals surface area contributed by atoms with Crippen LogP contribution in [-0.2, 0) is 0 Å². The summed E-state index contributed by atoms with van der Waals surface area (Å²) in [4.78, 5) is 6.62. The smallest absolute Gasteiger partial charge is 0.170 e. The van der Waals surface area contributed by atoms with Crippen LogP contribution < -0.4 is 5.32 Å². The molecule has 2 N–H and O–H groups in total. The molecule has 3 heterocycles. The molecule has 2 atom stereocenters. The van der Waals surface area contributed by atoms with Gasteiger partial charge in [0.05, 0.1) is 24.4 Å². The predicted molar refractivity (Wildman–Crippen MR) is 101 cm³/mol. The Morgan fingerprint density at radius 1 is 1.24 bits per heavy atom. The first-order valence-electron chi connectivity index (χ1n) is 9.04. The maximum atomic E-state index is 9.49. The van der Waals surface area contributed by atoms with E-state index in [1.165, 1.54) is 31.2 Å². The van der Waals surface area contributed by atoms with E-state index in [2.05, 4.69) is 38.2 Å². The first-order chi connectivity index (χ1) is 12.3. The lowest BCUT2D eigenvalue weighted by Gasteiger charge is -2.26. The Labute approximate surface area is 153 Å². The normalized spacial score (nSPS) is 24.0. The van der Waals surface area contributed by atoms with Crippen molar-refractivity contribution in [1.29, 1.82) is 0 Å². The molecule has 6 heteroatoms. The van der Waals surface area contributed by atoms with Gasteiger partial charge >= 0.3 is 0 Å². The van der Waals surface area contributed by atoms with Crippen LogP contribution in [0.1, 0.15) is 55.1 Å². The van der Waals surface area contributed by atoms with Gasteiger partial charge in [-0.1, -0.05) is 18.9 Å². The molecule has 1 aliphatic heterocycles. The van der Waals surface area contributed by atoms with Gasteiger partial charge in [0, 0.05) is 31.2 Å². The lowest BCUT2D eigenvalue weighted by Crippen LogP contribution is -2.32. The second-order valence-electron chi connectivity index (χ2n) is 6.87. The Morgan fingerprint density at radius 3 is 2.80 bits per heavy atom. The molecule has 5 nitrogen and oxygen atoms in total. The monoisotopic (exact) mass is 356 g/mol. The van der Waals surface area contributed by atoms with Crippen LogP contribution in [-0.4, -0.2) is 37.8 Å². The lowest BCUT2D eigenvalue weighted by molar-refractivity contribution is 0.223. The standard InChI is InChI=1S/C19H24N4OS/c24-12-11-23-18(14-8-10-22(13-14)15-5-1-2-6-15)17(21-19(23)25)16-7-3-4-9-20-16/h3-4,7-10,13,15,17-18,24H,1-2,5-6,11-12H2,(H,21,25)/t17-,18+/m0/s1. The molecule has 4 rings (SSSR count). The molecule has 2 fully saturated rings. The van der Waals surface area contributed by atoms with E-state index in [4.69, 9.17) is 12.2 Å². The number of thiocarbonyl (C=S) groups is 1. The number of rotatable bonds is 5. The molecule has 0 spiro atoms. The minimum Gasteiger partial charge on any atom is -0.395 e. The van der Waals surface area contributed by atoms with Gasteiger partial charge in [0.1, 0.15) is 0 Å². The number of pyridine rings is 1. The maximum Gasteiger partial charge on any atom is 0.170 e. The van der Waals surface area contributed by atoms with Gasteiger partial charge in [-0.05, 0) is 48.8 Å². The Hall–Kier alpha value is -1.92. The molecule has 2 aromatic heterocycles. The van der Waals surface area contributed by atoms with Gasteiger partial charge in [0.25, 0.3) is 0 Å². The van der Waals surface area contributed by atoms with Crippen molar-refractivity contribution >= 4 is 17.3 Å². The van der Waals surface area contributed by atoms with Crippen LogP contribution in [0.25, 0.3) is 0 Å². The fourth-order valence-corrected chi connectivity index (χ4v) is 4.48. The van der Waals surface area contributed by atoms with Crippen LogP contribution >= 0.6 is 12.2 Å². The van der Waals surface area contributed by atoms with Gasteiger partial charge in [-0.25, -0.2) is 0 Å². The highest BCUT2D eigenvalue weighted by Crippen LogP contribution is 2.39. The fraction of sp³-hybridized carbons (Fsp3) is 0.474. The second-order valence-corrected chi connectivity index (χ2v) is 7.26. The molecule has 0 bridgehead atoms. The molecule has 1 saturated carbocycles. The second kappa shape index (κ2) is 7.14. The van der Waals surface area contributed by atoms with Crippen LogP contribution in [0.3, 0.4) is 0 Å². The Bertz CT molecular complexity index is 726. The van der Waals surface area contributed by atoms with Crippen molar-refractivity contribution in [2.75, 3.05) is 13.2 Å². The van der Waals surface area contributed by atoms with E-state index in [0.717, 1.165) is 5.69 Å². The van der Waals surface area contributed by atoms with Crippen molar-refractivity contribution in [3.05, 3.63) is 54.1 Å². The number of aliphatic hydroxyl groups excluding tert-OH is 1. The molecule has 132 valence electrons. The summed E-state index contributed by atoms with van der Waals surface area (Å²) < 4.78 is 2.36. The molecule has 25 heavy (non-hydrogen) atoms. The molecule has 0 amide bonds. The molecule has 2 aliphatic rings. The zero-order valence-electron chi connectivity index (χ0n) is 14.2. The summed E-state index contributed by atoms with van der Waals surface area (Å²) in [5.41, 5.74) is 2.20. The van der Waals surface area contributed by atoms with Crippen LogP contribution in [0, 0.1) is 0 Å². The predicted octanol–water partition coefficient (Wildman–Crippen LogP) is 2.96. The summed E-state index contributed by atoms with van der Waals surface area (Å²) in [5.74, 6) is 0. The Morgan fingerprint density at radius 2 is 2.08 bits per heavy atom. The average molecular weight is 356 g/mol. The SMILES string of the molecule is OCCN1C(=S)N[C@@H](c2ccccn2)[C@H]1c1ccn(C2CCCC2)c1. The van der Waals surface area contributed by atoms with Crippen molar-refractivity contribution in [3.8, 4) is 0 Å². The van der Waals surface area contributed by atoms with Gasteiger partial charge < -0.3 is 19.9 Å². The first-order valence-corrected chi connectivity index (χ1v) is 9.45. The summed E-state index contributed by atoms with van der Waals surface area (Å²) in [7, 11) is 0. The number of hydrogen-bond acceptors (Lipinski definition) is 3. The third-order valence-electron chi connectivity index (χ3n) is 5.36. The lowest BCUT2D eigenvalue weighted by atomic mass is 9.99. The number of aliphatic hydroxyl groups is 1. The Balaban J connectivity index is 1.67. The van der Waals surface area contributed by atoms with Crippen molar-refractivity contribution in [2.45, 2.75) is 43.8 Å². The molecule has 0 aromatic carbocycles. The number of nitrogens with one attached hydrogen (secondary N) is 1. The van der Waals surface area contributed by atoms with Gasteiger partial charge in [0.15, 0.2) is 5.11 Å². The van der Waals surface area contributed by atoms with E-state index in [1.807, 2.05) is 24.4 Å². The van der Waals surface area contributed by atoms with Crippen molar-refractivity contribution in [1.82, 2.24) is 19.8 Å². The molecule has 1 saturated heterocycles. The number of nitrogens with zero attached hydrogens (tertiary/aromatic N) is 3. The maximum absolute atomic E-state index is 9.49. The van der Waals surface area contributed by atoms with Crippen molar-refractivity contribution in [3.63, 3.8) is 0 Å². The van der Waals surface area contributed by atoms with Gasteiger partial charge in [0.2, 0.25) is 0 Å². The van der Waals surface area contributed by atoms with Crippen LogP contribution in [0.5, 0.6) is 0 Å². The summed E-state index contributed by atoms with van der Waals surface area (Å²) in [6.45, 7) is 0.602. The fourth-order valence-electron chi connectivity index (χ4n) is 4.15. The summed E-state index contributed by atoms with van der Waals surface area (Å²) in [6, 6.07) is 8.82. The number of aromatic nitrogens is 2. The quantitative estimate of drug-likeness (QED) is 0.807. The third kappa shape index (κ3) is 3.16. The molecular formula is C19H24N4OS. The molecule has 1 aliphatic carbocycles. The first kappa shape index (κ1) is 16.5. The largest absolute Gasteiger partial charge is 0.395 e. The van der Waals surface area contributed by atoms with E-state index >= 15 is 0 Å². The highest BCUT2D eigenvalue weighted by atomic mass is 32.1. The van der Waals surface area contributed by atoms with E-state index in [-0.39, 0.29) is 18.7 Å². The van der Waals surface area contributed by atoms with Crippen molar-refractivity contribution in [2.24, 2.45) is 0 Å². The zero-order valence-corrected chi connectivity index (χ0v) is 15.0. The molecule has 0 radical (unpaired) electrons. The molecule has 2 aromatic rings. The van der Waals surface area contributed by atoms with Gasteiger partial charge in [-0.15, -0.1) is 0 Å². The molecular weight excluding hydrogens is 332 g/mol. The average Bonchev–Trinajstić information content (AvgIpc) is 3.36. The highest BCUT2D eigenvalue weighted by molar-refractivity contribution is 7.80. The van der Waals surface area contributed by atoms with E-state index in [1.54, 1.807) is 0 Å². The van der Waals surface area contributed by atoms with E-state index < -0.39 is 0 Å². The van der Waals surface area contributed by atoms with E-state index in [0.29, 0.717) is 17.7 Å². The third-order valence-corrected chi connectivity index (χ3v) is 5.72. The minimum absolute atomic E-state index is 0.000298. The van der Waals surface area contributed by atoms with Crippen LogP contribution in [0.4, 0.5) is 0 Å². The van der Waals surface area contributed by atoms with Crippen LogP contribution in [0.2, 0.25) is 0 Å². The summed E-state index contributed by atoms with van der Waals surface area (Å²) >= 11 is 5.54. The number of hydrogen-bond donors (Lipinski definition) is 2. The molecule has 0 unspecified atom stereocenters. The zero-order chi connectivity index (χ0) is 17.2. The van der Waals surface area contributed by atoms with Crippen molar-refractivity contribution < 1.29 is 5.11 Å². The minimum atomic E-state index is -0.000298. The van der Waals surface area contributed by atoms with Gasteiger partial charge in [-0.2, -0.15) is 0 Å².